The van der Waals surface area contributed by atoms with Crippen LogP contribution < -0.4 is 4.90 Å². The van der Waals surface area contributed by atoms with Crippen molar-refractivity contribution >= 4 is 12.0 Å². The molecule has 0 spiro atoms. The number of ether oxygens (including phenoxy) is 1. The Morgan fingerprint density at radius 1 is 1.58 bits per heavy atom. The normalized spacial score (nSPS) is 17.4. The molecule has 1 aliphatic rings. The summed E-state index contributed by atoms with van der Waals surface area (Å²) in [5.74, 6) is -0.495. The van der Waals surface area contributed by atoms with Crippen molar-refractivity contribution in [1.82, 2.24) is 4.98 Å². The van der Waals surface area contributed by atoms with Crippen LogP contribution in [-0.4, -0.2) is 41.9 Å². The molecule has 1 aromatic rings. The zero-order valence-electron chi connectivity index (χ0n) is 11.4. The first-order valence-electron chi connectivity index (χ1n) is 6.60. The van der Waals surface area contributed by atoms with Gasteiger partial charge in [-0.3, -0.25) is 0 Å². The number of carbonyl (C=O) groups excluding carboxylic acids is 1. The van der Waals surface area contributed by atoms with Gasteiger partial charge in [-0.05, 0) is 19.8 Å². The molecule has 1 N–H and O–H groups in total. The molecule has 6 nitrogen and oxygen atoms in total. The lowest BCUT2D eigenvalue weighted by Crippen LogP contribution is -2.39. The second kappa shape index (κ2) is 5.61. The maximum Gasteiger partial charge on any atom is 0.360 e. The highest BCUT2D eigenvalue weighted by Gasteiger charge is 2.33. The minimum absolute atomic E-state index is 0.155. The number of oxazole rings is 1. The molecule has 0 radical (unpaired) electrons. The quantitative estimate of drug-likeness (QED) is 0.817. The summed E-state index contributed by atoms with van der Waals surface area (Å²) < 4.78 is 10.1. The number of likely N-dealkylation sites (N-methyl/N-ethyl adjacent to an activating group) is 1. The van der Waals surface area contributed by atoms with Crippen LogP contribution in [0.25, 0.3) is 0 Å². The molecular formula is C13H20N2O4. The summed E-state index contributed by atoms with van der Waals surface area (Å²) >= 11 is 0. The van der Waals surface area contributed by atoms with Gasteiger partial charge < -0.3 is 19.2 Å². The van der Waals surface area contributed by atoms with Gasteiger partial charge in [0.2, 0.25) is 0 Å². The van der Waals surface area contributed by atoms with E-state index in [0.717, 1.165) is 25.7 Å². The highest BCUT2D eigenvalue weighted by atomic mass is 16.5. The Hall–Kier alpha value is -1.56. The zero-order chi connectivity index (χ0) is 13.9. The maximum atomic E-state index is 11.5. The standard InChI is InChI=1S/C13H20N2O4/c1-3-18-11(16)10-8-19-12(14-10)15(2)9-13(17)6-4-5-7-13/h8,17H,3-7,9H2,1-2H3. The first-order chi connectivity index (χ1) is 9.04. The lowest BCUT2D eigenvalue weighted by atomic mass is 10.0. The summed E-state index contributed by atoms with van der Waals surface area (Å²) in [6.45, 7) is 2.49. The number of anilines is 1. The second-order valence-electron chi connectivity index (χ2n) is 5.02. The molecule has 0 aromatic carbocycles. The van der Waals surface area contributed by atoms with Crippen LogP contribution in [0, 0.1) is 0 Å². The molecule has 0 unspecified atom stereocenters. The molecule has 106 valence electrons. The van der Waals surface area contributed by atoms with Gasteiger partial charge in [-0.25, -0.2) is 4.79 Å². The molecule has 6 heteroatoms. The largest absolute Gasteiger partial charge is 0.461 e. The van der Waals surface area contributed by atoms with Gasteiger partial charge in [0.15, 0.2) is 5.69 Å². The van der Waals surface area contributed by atoms with Crippen molar-refractivity contribution in [2.24, 2.45) is 0 Å². The minimum atomic E-state index is -0.673. The fourth-order valence-electron chi connectivity index (χ4n) is 2.44. The van der Waals surface area contributed by atoms with Crippen molar-refractivity contribution < 1.29 is 19.1 Å². The fraction of sp³-hybridized carbons (Fsp3) is 0.692. The Bertz CT molecular complexity index is 438. The summed E-state index contributed by atoms with van der Waals surface area (Å²) in [6.07, 6.45) is 4.96. The van der Waals surface area contributed by atoms with E-state index >= 15 is 0 Å². The Kier molecular flexibility index (Phi) is 4.09. The van der Waals surface area contributed by atoms with Crippen LogP contribution in [0.3, 0.4) is 0 Å². The van der Waals surface area contributed by atoms with Crippen molar-refractivity contribution in [2.75, 3.05) is 25.1 Å². The molecule has 1 aromatic heterocycles. The third-order valence-corrected chi connectivity index (χ3v) is 3.37. The van der Waals surface area contributed by atoms with Crippen LogP contribution >= 0.6 is 0 Å². The van der Waals surface area contributed by atoms with Crippen molar-refractivity contribution in [3.8, 4) is 0 Å². The SMILES string of the molecule is CCOC(=O)c1coc(N(C)CC2(O)CCCC2)n1. The molecule has 1 fully saturated rings. The van der Waals surface area contributed by atoms with E-state index in [9.17, 15) is 9.90 Å². The average molecular weight is 268 g/mol. The molecule has 0 aliphatic heterocycles. The average Bonchev–Trinajstić information content (AvgIpc) is 2.98. The lowest BCUT2D eigenvalue weighted by molar-refractivity contribution is 0.0519. The van der Waals surface area contributed by atoms with Crippen molar-refractivity contribution in [2.45, 2.75) is 38.2 Å². The van der Waals surface area contributed by atoms with E-state index in [1.807, 2.05) is 0 Å². The van der Waals surface area contributed by atoms with Crippen molar-refractivity contribution in [3.63, 3.8) is 0 Å². The summed E-state index contributed by atoms with van der Waals surface area (Å²) in [5.41, 5.74) is -0.519. The molecule has 1 heterocycles. The first kappa shape index (κ1) is 13.9. The van der Waals surface area contributed by atoms with E-state index in [0.29, 0.717) is 19.2 Å². The number of hydrogen-bond donors (Lipinski definition) is 1. The van der Waals surface area contributed by atoms with Gasteiger partial charge in [0, 0.05) is 7.05 Å². The number of esters is 1. The van der Waals surface area contributed by atoms with Crippen molar-refractivity contribution in [1.29, 1.82) is 0 Å². The summed E-state index contributed by atoms with van der Waals surface area (Å²) in [7, 11) is 1.79. The molecule has 19 heavy (non-hydrogen) atoms. The monoisotopic (exact) mass is 268 g/mol. The third-order valence-electron chi connectivity index (χ3n) is 3.37. The Morgan fingerprint density at radius 3 is 2.89 bits per heavy atom. The number of nitrogens with zero attached hydrogens (tertiary/aromatic N) is 2. The van der Waals surface area contributed by atoms with Crippen LogP contribution in [0.2, 0.25) is 0 Å². The number of aromatic nitrogens is 1. The van der Waals surface area contributed by atoms with Crippen LogP contribution in [-0.2, 0) is 4.74 Å². The second-order valence-corrected chi connectivity index (χ2v) is 5.02. The van der Waals surface area contributed by atoms with Crippen LogP contribution in [0.4, 0.5) is 6.01 Å². The highest BCUT2D eigenvalue weighted by molar-refractivity contribution is 5.87. The van der Waals surface area contributed by atoms with Gasteiger partial charge in [0.25, 0.3) is 6.01 Å². The van der Waals surface area contributed by atoms with E-state index < -0.39 is 11.6 Å². The Balaban J connectivity index is 1.99. The molecular weight excluding hydrogens is 248 g/mol. The first-order valence-corrected chi connectivity index (χ1v) is 6.60. The molecule has 0 bridgehead atoms. The van der Waals surface area contributed by atoms with E-state index in [1.165, 1.54) is 6.26 Å². The Morgan fingerprint density at radius 2 is 2.26 bits per heavy atom. The van der Waals surface area contributed by atoms with Crippen LogP contribution in [0.5, 0.6) is 0 Å². The van der Waals surface area contributed by atoms with E-state index in [1.54, 1.807) is 18.9 Å². The topological polar surface area (TPSA) is 75.8 Å². The number of carbonyl (C=O) groups is 1. The van der Waals surface area contributed by atoms with Gasteiger partial charge in [-0.1, -0.05) is 12.8 Å². The van der Waals surface area contributed by atoms with E-state index in [4.69, 9.17) is 9.15 Å². The number of aliphatic hydroxyl groups is 1. The van der Waals surface area contributed by atoms with Gasteiger partial charge in [-0.15, -0.1) is 0 Å². The summed E-state index contributed by atoms with van der Waals surface area (Å²) in [6, 6.07) is 0.323. The Labute approximate surface area is 112 Å². The number of hydrogen-bond acceptors (Lipinski definition) is 6. The highest BCUT2D eigenvalue weighted by Crippen LogP contribution is 2.30. The van der Waals surface area contributed by atoms with Gasteiger partial charge in [0.05, 0.1) is 18.8 Å². The summed E-state index contributed by atoms with van der Waals surface area (Å²) in [4.78, 5) is 17.3. The molecule has 2 rings (SSSR count). The molecule has 1 aliphatic carbocycles. The van der Waals surface area contributed by atoms with Gasteiger partial charge >= 0.3 is 5.97 Å². The maximum absolute atomic E-state index is 11.5. The minimum Gasteiger partial charge on any atom is -0.461 e. The third kappa shape index (κ3) is 3.26. The van der Waals surface area contributed by atoms with Crippen LogP contribution in [0.1, 0.15) is 43.1 Å². The van der Waals surface area contributed by atoms with Crippen LogP contribution in [0.15, 0.2) is 10.7 Å². The van der Waals surface area contributed by atoms with Gasteiger partial charge in [-0.2, -0.15) is 4.98 Å². The van der Waals surface area contributed by atoms with Crippen molar-refractivity contribution in [3.05, 3.63) is 12.0 Å². The molecule has 0 saturated heterocycles. The van der Waals surface area contributed by atoms with E-state index in [2.05, 4.69) is 4.98 Å². The number of rotatable bonds is 5. The predicted molar refractivity (Wildman–Crippen MR) is 69.1 cm³/mol. The molecule has 0 atom stereocenters. The smallest absolute Gasteiger partial charge is 0.360 e. The van der Waals surface area contributed by atoms with Gasteiger partial charge in [0.1, 0.15) is 6.26 Å². The molecule has 0 amide bonds. The zero-order valence-corrected chi connectivity index (χ0v) is 11.4. The summed E-state index contributed by atoms with van der Waals surface area (Å²) in [5, 5.41) is 10.3. The molecule has 1 saturated carbocycles. The van der Waals surface area contributed by atoms with E-state index in [-0.39, 0.29) is 5.69 Å². The lowest BCUT2D eigenvalue weighted by Gasteiger charge is -2.27. The fourth-order valence-corrected chi connectivity index (χ4v) is 2.44. The predicted octanol–water partition coefficient (Wildman–Crippen LogP) is 1.59.